The number of hydrogen-bond acceptors (Lipinski definition) is 5. The fourth-order valence-electron chi connectivity index (χ4n) is 0.930. The second-order valence-electron chi connectivity index (χ2n) is 2.64. The Kier molecular flexibility index (Phi) is 2.01. The average molecular weight is 188 g/mol. The van der Waals surface area contributed by atoms with Gasteiger partial charge >= 0.3 is 5.97 Å². The number of rotatable bonds is 1. The van der Waals surface area contributed by atoms with Crippen LogP contribution < -0.4 is 0 Å². The van der Waals surface area contributed by atoms with Gasteiger partial charge < -0.3 is 25.5 Å². The quantitative estimate of drug-likeness (QED) is 0.302. The maximum atomic E-state index is 10.4. The molecule has 0 spiro atoms. The Morgan fingerprint density at radius 3 is 2.15 bits per heavy atom. The number of carbonyl (C=O) groups is 1. The van der Waals surface area contributed by atoms with Gasteiger partial charge in [-0.3, -0.25) is 0 Å². The van der Waals surface area contributed by atoms with Gasteiger partial charge in [-0.15, -0.1) is 0 Å². The zero-order valence-corrected chi connectivity index (χ0v) is 6.38. The molecule has 0 aliphatic heterocycles. The Labute approximate surface area is 72.7 Å². The summed E-state index contributed by atoms with van der Waals surface area (Å²) in [4.78, 5) is 10.4. The smallest absolute Gasteiger partial charge is 0.337 e. The van der Waals surface area contributed by atoms with E-state index in [1.54, 1.807) is 0 Å². The van der Waals surface area contributed by atoms with Gasteiger partial charge in [0.2, 0.25) is 5.79 Å². The van der Waals surface area contributed by atoms with Gasteiger partial charge in [0, 0.05) is 0 Å². The van der Waals surface area contributed by atoms with Crippen LogP contribution in [0.25, 0.3) is 0 Å². The Bertz CT molecular complexity index is 298. The van der Waals surface area contributed by atoms with Gasteiger partial charge in [-0.25, -0.2) is 4.79 Å². The van der Waals surface area contributed by atoms with Crippen molar-refractivity contribution in [2.24, 2.45) is 0 Å². The fraction of sp³-hybridized carbons (Fsp3) is 0.286. The average Bonchev–Trinajstić information content (AvgIpc) is 1.94. The SMILES string of the molecule is O=C(O)C1=CC=CC(O)(O)C1(O)O. The topological polar surface area (TPSA) is 118 Å². The van der Waals surface area contributed by atoms with E-state index in [0.717, 1.165) is 12.2 Å². The summed E-state index contributed by atoms with van der Waals surface area (Å²) in [5.74, 6) is -7.83. The van der Waals surface area contributed by atoms with Crippen LogP contribution in [0.2, 0.25) is 0 Å². The highest BCUT2D eigenvalue weighted by Crippen LogP contribution is 2.30. The zero-order chi connectivity index (χ0) is 10.3. The Morgan fingerprint density at radius 2 is 1.77 bits per heavy atom. The molecular formula is C7H8O6. The maximum Gasteiger partial charge on any atom is 0.337 e. The van der Waals surface area contributed by atoms with Crippen molar-refractivity contribution in [1.29, 1.82) is 0 Å². The number of aliphatic carboxylic acids is 1. The van der Waals surface area contributed by atoms with Crippen molar-refractivity contribution in [2.45, 2.75) is 11.6 Å². The molecule has 0 saturated heterocycles. The summed E-state index contributed by atoms with van der Waals surface area (Å²) in [6.45, 7) is 0. The van der Waals surface area contributed by atoms with Crippen molar-refractivity contribution in [3.05, 3.63) is 23.8 Å². The fourth-order valence-corrected chi connectivity index (χ4v) is 0.930. The first-order valence-corrected chi connectivity index (χ1v) is 3.32. The number of aliphatic hydroxyl groups is 4. The third-order valence-corrected chi connectivity index (χ3v) is 1.71. The predicted molar refractivity (Wildman–Crippen MR) is 39.2 cm³/mol. The lowest BCUT2D eigenvalue weighted by Gasteiger charge is -2.34. The highest BCUT2D eigenvalue weighted by atomic mass is 16.6. The number of allylic oxidation sites excluding steroid dienone is 2. The first kappa shape index (κ1) is 9.87. The molecule has 1 aliphatic carbocycles. The highest BCUT2D eigenvalue weighted by molar-refractivity contribution is 5.89. The minimum Gasteiger partial charge on any atom is -0.478 e. The summed E-state index contributed by atoms with van der Waals surface area (Å²) in [6.07, 6.45) is 2.54. The molecule has 72 valence electrons. The lowest BCUT2D eigenvalue weighted by atomic mass is 9.92. The zero-order valence-electron chi connectivity index (χ0n) is 6.38. The molecule has 0 aromatic heterocycles. The first-order chi connectivity index (χ1) is 5.79. The van der Waals surface area contributed by atoms with Crippen LogP contribution in [0.1, 0.15) is 0 Å². The van der Waals surface area contributed by atoms with Crippen molar-refractivity contribution in [2.75, 3.05) is 0 Å². The molecule has 6 nitrogen and oxygen atoms in total. The summed E-state index contributed by atoms with van der Waals surface area (Å²) in [7, 11) is 0. The molecule has 6 heteroatoms. The minimum absolute atomic E-state index is 0.666. The van der Waals surface area contributed by atoms with Crippen LogP contribution in [0, 0.1) is 0 Å². The van der Waals surface area contributed by atoms with E-state index in [9.17, 15) is 4.79 Å². The standard InChI is InChI=1S/C7H8O6/c8-5(9)4-2-1-3-6(10,11)7(4,12)13/h1-3,10-13H,(H,8,9). The van der Waals surface area contributed by atoms with E-state index in [2.05, 4.69) is 0 Å². The van der Waals surface area contributed by atoms with E-state index in [1.807, 2.05) is 0 Å². The van der Waals surface area contributed by atoms with Crippen LogP contribution in [-0.4, -0.2) is 43.1 Å². The molecule has 0 atom stereocenters. The van der Waals surface area contributed by atoms with Crippen LogP contribution in [0.15, 0.2) is 23.8 Å². The Balaban J connectivity index is 3.19. The molecule has 0 amide bonds. The maximum absolute atomic E-state index is 10.4. The van der Waals surface area contributed by atoms with E-state index in [-0.39, 0.29) is 0 Å². The third-order valence-electron chi connectivity index (χ3n) is 1.71. The lowest BCUT2D eigenvalue weighted by Crippen LogP contribution is -2.56. The monoisotopic (exact) mass is 188 g/mol. The molecule has 5 N–H and O–H groups in total. The van der Waals surface area contributed by atoms with E-state index < -0.39 is 23.1 Å². The Morgan fingerprint density at radius 1 is 1.23 bits per heavy atom. The van der Waals surface area contributed by atoms with Crippen LogP contribution in [0.5, 0.6) is 0 Å². The lowest BCUT2D eigenvalue weighted by molar-refractivity contribution is -0.314. The summed E-state index contributed by atoms with van der Waals surface area (Å²) in [5.41, 5.74) is -0.903. The number of carboxylic acid groups (broad SMARTS) is 1. The van der Waals surface area contributed by atoms with Crippen molar-refractivity contribution in [3.8, 4) is 0 Å². The summed E-state index contributed by atoms with van der Waals surface area (Å²) >= 11 is 0. The summed E-state index contributed by atoms with van der Waals surface area (Å²) in [5, 5.41) is 44.6. The van der Waals surface area contributed by atoms with Crippen molar-refractivity contribution >= 4 is 5.97 Å². The van der Waals surface area contributed by atoms with Crippen LogP contribution in [0.3, 0.4) is 0 Å². The molecule has 13 heavy (non-hydrogen) atoms. The van der Waals surface area contributed by atoms with Gasteiger partial charge in [0.15, 0.2) is 0 Å². The van der Waals surface area contributed by atoms with Crippen LogP contribution in [-0.2, 0) is 4.79 Å². The molecule has 0 saturated carbocycles. The minimum atomic E-state index is -3.20. The molecule has 0 aromatic rings. The third kappa shape index (κ3) is 1.36. The van der Waals surface area contributed by atoms with E-state index in [4.69, 9.17) is 25.5 Å². The van der Waals surface area contributed by atoms with E-state index in [1.165, 1.54) is 0 Å². The molecule has 0 unspecified atom stereocenters. The van der Waals surface area contributed by atoms with Gasteiger partial charge in [-0.05, 0) is 12.2 Å². The first-order valence-electron chi connectivity index (χ1n) is 3.32. The second kappa shape index (κ2) is 2.64. The summed E-state index contributed by atoms with van der Waals surface area (Å²) < 4.78 is 0. The largest absolute Gasteiger partial charge is 0.478 e. The van der Waals surface area contributed by atoms with Gasteiger partial charge in [-0.2, -0.15) is 0 Å². The molecule has 1 aliphatic rings. The van der Waals surface area contributed by atoms with Gasteiger partial charge in [0.25, 0.3) is 5.79 Å². The Hall–Kier alpha value is -1.21. The van der Waals surface area contributed by atoms with Crippen molar-refractivity contribution in [3.63, 3.8) is 0 Å². The molecule has 1 rings (SSSR count). The van der Waals surface area contributed by atoms with Crippen molar-refractivity contribution < 1.29 is 30.3 Å². The molecule has 0 aromatic carbocycles. The van der Waals surface area contributed by atoms with Crippen LogP contribution >= 0.6 is 0 Å². The van der Waals surface area contributed by atoms with Gasteiger partial charge in [0.05, 0.1) is 0 Å². The van der Waals surface area contributed by atoms with Crippen molar-refractivity contribution in [1.82, 2.24) is 0 Å². The summed E-state index contributed by atoms with van der Waals surface area (Å²) in [6, 6.07) is 0. The number of carboxylic acids is 1. The van der Waals surface area contributed by atoms with Gasteiger partial charge in [-0.1, -0.05) is 6.08 Å². The van der Waals surface area contributed by atoms with E-state index >= 15 is 0 Å². The molecule has 0 radical (unpaired) electrons. The van der Waals surface area contributed by atoms with E-state index in [0.29, 0.717) is 6.08 Å². The van der Waals surface area contributed by atoms with Gasteiger partial charge in [0.1, 0.15) is 5.57 Å². The molecular weight excluding hydrogens is 180 g/mol. The predicted octanol–water partition coefficient (Wildman–Crippen LogP) is -2.07. The highest BCUT2D eigenvalue weighted by Gasteiger charge is 2.52. The molecule has 0 bridgehead atoms. The molecule has 0 heterocycles. The molecule has 0 fully saturated rings. The second-order valence-corrected chi connectivity index (χ2v) is 2.64. The number of hydrogen-bond donors (Lipinski definition) is 5. The normalized spacial score (nSPS) is 23.8. The van der Waals surface area contributed by atoms with Crippen LogP contribution in [0.4, 0.5) is 0 Å².